The summed E-state index contributed by atoms with van der Waals surface area (Å²) in [5, 5.41) is 8.10. The SMILES string of the molecule is COCCNC(=O)c1nc(-c2sc(NC(C)=O)nc2C)cs1. The molecule has 22 heavy (non-hydrogen) atoms. The maximum atomic E-state index is 11.9. The molecular formula is C13H16N4O3S2. The number of amides is 2. The molecule has 0 atom stereocenters. The van der Waals surface area contributed by atoms with Crippen LogP contribution in [0.25, 0.3) is 10.6 Å². The molecule has 0 aliphatic heterocycles. The first-order chi connectivity index (χ1) is 10.5. The molecule has 0 aliphatic carbocycles. The van der Waals surface area contributed by atoms with Crippen molar-refractivity contribution in [1.82, 2.24) is 15.3 Å². The highest BCUT2D eigenvalue weighted by Crippen LogP contribution is 2.33. The third-order valence-electron chi connectivity index (χ3n) is 2.60. The molecule has 0 aliphatic rings. The third-order valence-corrected chi connectivity index (χ3v) is 4.54. The number of rotatable bonds is 6. The Bertz CT molecular complexity index is 681. The molecule has 0 unspecified atom stereocenters. The minimum Gasteiger partial charge on any atom is -0.383 e. The Kier molecular flexibility index (Phi) is 5.58. The zero-order chi connectivity index (χ0) is 16.1. The quantitative estimate of drug-likeness (QED) is 0.784. The Hall–Kier alpha value is -1.84. The van der Waals surface area contributed by atoms with Crippen LogP contribution in [-0.4, -0.2) is 42.0 Å². The lowest BCUT2D eigenvalue weighted by Gasteiger charge is -2.00. The Labute approximate surface area is 135 Å². The number of carbonyl (C=O) groups excluding carboxylic acids is 2. The molecule has 2 amide bonds. The summed E-state index contributed by atoms with van der Waals surface area (Å²) in [6.45, 7) is 4.17. The molecule has 2 N–H and O–H groups in total. The fraction of sp³-hybridized carbons (Fsp3) is 0.385. The first kappa shape index (κ1) is 16.5. The van der Waals surface area contributed by atoms with E-state index in [4.69, 9.17) is 4.74 Å². The molecule has 0 saturated carbocycles. The summed E-state index contributed by atoms with van der Waals surface area (Å²) in [4.78, 5) is 32.4. The van der Waals surface area contributed by atoms with Crippen LogP contribution < -0.4 is 10.6 Å². The van der Waals surface area contributed by atoms with Gasteiger partial charge in [0.25, 0.3) is 5.91 Å². The van der Waals surface area contributed by atoms with E-state index in [9.17, 15) is 9.59 Å². The molecule has 0 aromatic carbocycles. The average Bonchev–Trinajstić information content (AvgIpc) is 3.05. The van der Waals surface area contributed by atoms with Gasteiger partial charge in [0.15, 0.2) is 10.1 Å². The van der Waals surface area contributed by atoms with Gasteiger partial charge in [-0.3, -0.25) is 9.59 Å². The number of hydrogen-bond acceptors (Lipinski definition) is 7. The van der Waals surface area contributed by atoms with E-state index in [0.717, 1.165) is 10.6 Å². The summed E-state index contributed by atoms with van der Waals surface area (Å²) in [6, 6.07) is 0. The Balaban J connectivity index is 2.12. The maximum Gasteiger partial charge on any atom is 0.280 e. The van der Waals surface area contributed by atoms with Crippen molar-refractivity contribution in [3.63, 3.8) is 0 Å². The number of carbonyl (C=O) groups is 2. The van der Waals surface area contributed by atoms with Gasteiger partial charge in [0, 0.05) is 26.0 Å². The molecule has 0 fully saturated rings. The molecule has 7 nitrogen and oxygen atoms in total. The van der Waals surface area contributed by atoms with Crippen LogP contribution in [0.15, 0.2) is 5.38 Å². The van der Waals surface area contributed by atoms with Crippen molar-refractivity contribution in [3.8, 4) is 10.6 Å². The average molecular weight is 340 g/mol. The number of hydrogen-bond donors (Lipinski definition) is 2. The molecule has 0 spiro atoms. The molecule has 118 valence electrons. The standard InChI is InChI=1S/C13H16N4O3S2/c1-7-10(22-13(15-7)16-8(2)18)9-6-21-12(17-9)11(19)14-4-5-20-3/h6H,4-5H2,1-3H3,(H,14,19)(H,15,16,18). The highest BCUT2D eigenvalue weighted by atomic mass is 32.1. The number of nitrogens with zero attached hydrogens (tertiary/aromatic N) is 2. The van der Waals surface area contributed by atoms with Gasteiger partial charge in [-0.05, 0) is 6.92 Å². The molecule has 2 aromatic heterocycles. The van der Waals surface area contributed by atoms with Crippen molar-refractivity contribution >= 4 is 39.6 Å². The van der Waals surface area contributed by atoms with Crippen molar-refractivity contribution in [3.05, 3.63) is 16.1 Å². The van der Waals surface area contributed by atoms with Crippen molar-refractivity contribution < 1.29 is 14.3 Å². The van der Waals surface area contributed by atoms with Gasteiger partial charge in [-0.2, -0.15) is 0 Å². The normalized spacial score (nSPS) is 10.5. The predicted molar refractivity (Wildman–Crippen MR) is 86.5 cm³/mol. The highest BCUT2D eigenvalue weighted by molar-refractivity contribution is 7.19. The molecule has 9 heteroatoms. The lowest BCUT2D eigenvalue weighted by Crippen LogP contribution is -2.26. The summed E-state index contributed by atoms with van der Waals surface area (Å²) in [5.41, 5.74) is 1.46. The van der Waals surface area contributed by atoms with Crippen LogP contribution >= 0.6 is 22.7 Å². The van der Waals surface area contributed by atoms with Gasteiger partial charge in [0.2, 0.25) is 5.91 Å². The maximum absolute atomic E-state index is 11.9. The zero-order valence-corrected chi connectivity index (χ0v) is 14.1. The van der Waals surface area contributed by atoms with Crippen molar-refractivity contribution in [1.29, 1.82) is 0 Å². The van der Waals surface area contributed by atoms with Crippen LogP contribution in [0, 0.1) is 6.92 Å². The van der Waals surface area contributed by atoms with E-state index in [1.807, 2.05) is 12.3 Å². The zero-order valence-electron chi connectivity index (χ0n) is 12.4. The van der Waals surface area contributed by atoms with Crippen LogP contribution in [0.5, 0.6) is 0 Å². The second-order valence-electron chi connectivity index (χ2n) is 4.40. The second-order valence-corrected chi connectivity index (χ2v) is 6.26. The summed E-state index contributed by atoms with van der Waals surface area (Å²) < 4.78 is 4.88. The first-order valence-electron chi connectivity index (χ1n) is 6.49. The smallest absolute Gasteiger partial charge is 0.280 e. The fourth-order valence-corrected chi connectivity index (χ4v) is 3.43. The lowest BCUT2D eigenvalue weighted by molar-refractivity contribution is -0.114. The number of aryl methyl sites for hydroxylation is 1. The summed E-state index contributed by atoms with van der Waals surface area (Å²) >= 11 is 2.61. The van der Waals surface area contributed by atoms with E-state index in [1.54, 1.807) is 7.11 Å². The van der Waals surface area contributed by atoms with E-state index in [2.05, 4.69) is 20.6 Å². The Morgan fingerprint density at radius 2 is 2.14 bits per heavy atom. The van der Waals surface area contributed by atoms with Crippen LogP contribution in [0.3, 0.4) is 0 Å². The predicted octanol–water partition coefficient (Wildman–Crippen LogP) is 1.91. The van der Waals surface area contributed by atoms with Crippen molar-refractivity contribution in [2.45, 2.75) is 13.8 Å². The monoisotopic (exact) mass is 340 g/mol. The number of nitrogens with one attached hydrogen (secondary N) is 2. The number of aromatic nitrogens is 2. The van der Waals surface area contributed by atoms with E-state index < -0.39 is 0 Å². The highest BCUT2D eigenvalue weighted by Gasteiger charge is 2.16. The second kappa shape index (κ2) is 7.43. The molecular weight excluding hydrogens is 324 g/mol. The van der Waals surface area contributed by atoms with Crippen molar-refractivity contribution in [2.75, 3.05) is 25.6 Å². The molecule has 0 radical (unpaired) electrons. The van der Waals surface area contributed by atoms with Gasteiger partial charge in [-0.25, -0.2) is 9.97 Å². The fourth-order valence-electron chi connectivity index (χ4n) is 1.66. The largest absolute Gasteiger partial charge is 0.383 e. The summed E-state index contributed by atoms with van der Waals surface area (Å²) in [7, 11) is 1.58. The van der Waals surface area contributed by atoms with Crippen LogP contribution in [0.2, 0.25) is 0 Å². The molecule has 2 heterocycles. The number of anilines is 1. The topological polar surface area (TPSA) is 93.2 Å². The van der Waals surface area contributed by atoms with Gasteiger partial charge in [0.1, 0.15) is 0 Å². The minimum absolute atomic E-state index is 0.170. The number of methoxy groups -OCH3 is 1. The summed E-state index contributed by atoms with van der Waals surface area (Å²) in [5.74, 6) is -0.394. The van der Waals surface area contributed by atoms with E-state index in [-0.39, 0.29) is 11.8 Å². The Morgan fingerprint density at radius 3 is 2.82 bits per heavy atom. The first-order valence-corrected chi connectivity index (χ1v) is 8.19. The van der Waals surface area contributed by atoms with E-state index >= 15 is 0 Å². The van der Waals surface area contributed by atoms with E-state index in [1.165, 1.54) is 29.6 Å². The summed E-state index contributed by atoms with van der Waals surface area (Å²) in [6.07, 6.45) is 0. The Morgan fingerprint density at radius 1 is 1.36 bits per heavy atom. The van der Waals surface area contributed by atoms with Gasteiger partial charge >= 0.3 is 0 Å². The van der Waals surface area contributed by atoms with Gasteiger partial charge in [-0.1, -0.05) is 11.3 Å². The molecule has 2 aromatic rings. The van der Waals surface area contributed by atoms with Crippen LogP contribution in [0.4, 0.5) is 5.13 Å². The van der Waals surface area contributed by atoms with Crippen molar-refractivity contribution in [2.24, 2.45) is 0 Å². The molecule has 0 bridgehead atoms. The number of ether oxygens (including phenoxy) is 1. The van der Waals surface area contributed by atoms with Crippen LogP contribution in [-0.2, 0) is 9.53 Å². The molecule has 0 saturated heterocycles. The van der Waals surface area contributed by atoms with Gasteiger partial charge in [0.05, 0.1) is 22.9 Å². The lowest BCUT2D eigenvalue weighted by atomic mass is 10.3. The van der Waals surface area contributed by atoms with Gasteiger partial charge in [-0.15, -0.1) is 11.3 Å². The van der Waals surface area contributed by atoms with E-state index in [0.29, 0.717) is 29.0 Å². The number of thiazole rings is 2. The third kappa shape index (κ3) is 4.09. The minimum atomic E-state index is -0.224. The van der Waals surface area contributed by atoms with Crippen LogP contribution in [0.1, 0.15) is 22.4 Å². The van der Waals surface area contributed by atoms with Gasteiger partial charge < -0.3 is 15.4 Å². The molecule has 2 rings (SSSR count).